The highest BCUT2D eigenvalue weighted by molar-refractivity contribution is 6.31. The Kier molecular flexibility index (Phi) is 2.61. The molecule has 0 radical (unpaired) electrons. The molecule has 1 heterocycles. The van der Waals surface area contributed by atoms with E-state index in [1.54, 1.807) is 0 Å². The summed E-state index contributed by atoms with van der Waals surface area (Å²) in [6.07, 6.45) is 3.41. The Balaban J connectivity index is 2.04. The molecule has 84 valence electrons. The van der Waals surface area contributed by atoms with E-state index in [1.807, 2.05) is 18.2 Å². The molecule has 2 atom stereocenters. The van der Waals surface area contributed by atoms with Gasteiger partial charge >= 0.3 is 0 Å². The van der Waals surface area contributed by atoms with Crippen molar-refractivity contribution in [2.24, 2.45) is 0 Å². The van der Waals surface area contributed by atoms with Crippen LogP contribution in [-0.2, 0) is 0 Å². The van der Waals surface area contributed by atoms with Gasteiger partial charge in [0.25, 0.3) is 0 Å². The fourth-order valence-electron chi connectivity index (χ4n) is 2.45. The van der Waals surface area contributed by atoms with Crippen molar-refractivity contribution in [3.8, 4) is 0 Å². The van der Waals surface area contributed by atoms with E-state index in [2.05, 4.69) is 6.07 Å². The SMILES string of the molecule is Clc1ccc2oc(C3CCCC3Cl)cc2c1. The number of hydrogen-bond donors (Lipinski definition) is 0. The minimum atomic E-state index is 0.219. The van der Waals surface area contributed by atoms with Crippen LogP contribution in [0, 0.1) is 0 Å². The largest absolute Gasteiger partial charge is 0.461 e. The lowest BCUT2D eigenvalue weighted by Gasteiger charge is -2.09. The highest BCUT2D eigenvalue weighted by Crippen LogP contribution is 2.40. The van der Waals surface area contributed by atoms with Gasteiger partial charge in [0.05, 0.1) is 0 Å². The molecule has 1 aliphatic rings. The van der Waals surface area contributed by atoms with E-state index >= 15 is 0 Å². The van der Waals surface area contributed by atoms with E-state index in [4.69, 9.17) is 27.6 Å². The Morgan fingerprint density at radius 3 is 2.81 bits per heavy atom. The Morgan fingerprint density at radius 1 is 1.19 bits per heavy atom. The summed E-state index contributed by atoms with van der Waals surface area (Å²) in [5.41, 5.74) is 0.898. The average Bonchev–Trinajstić information content (AvgIpc) is 2.82. The number of furan rings is 1. The van der Waals surface area contributed by atoms with E-state index in [0.717, 1.165) is 34.6 Å². The molecule has 2 aromatic rings. The first-order chi connectivity index (χ1) is 7.74. The maximum atomic E-state index is 6.29. The van der Waals surface area contributed by atoms with Crippen LogP contribution >= 0.6 is 23.2 Å². The lowest BCUT2D eigenvalue weighted by Crippen LogP contribution is -2.03. The van der Waals surface area contributed by atoms with Crippen LogP contribution in [-0.4, -0.2) is 5.38 Å². The van der Waals surface area contributed by atoms with Crippen molar-refractivity contribution in [3.05, 3.63) is 35.0 Å². The first kappa shape index (κ1) is 10.5. The Labute approximate surface area is 104 Å². The van der Waals surface area contributed by atoms with Crippen LogP contribution in [0.2, 0.25) is 5.02 Å². The third-order valence-corrected chi connectivity index (χ3v) is 4.05. The second-order valence-corrected chi connectivity index (χ2v) is 5.38. The number of fused-ring (bicyclic) bond motifs is 1. The quantitative estimate of drug-likeness (QED) is 0.656. The van der Waals surface area contributed by atoms with Crippen LogP contribution in [0.4, 0.5) is 0 Å². The van der Waals surface area contributed by atoms with Crippen molar-refractivity contribution in [1.29, 1.82) is 0 Å². The van der Waals surface area contributed by atoms with Gasteiger partial charge in [0, 0.05) is 21.7 Å². The zero-order valence-electron chi connectivity index (χ0n) is 8.75. The minimum Gasteiger partial charge on any atom is -0.461 e. The molecule has 0 saturated heterocycles. The fourth-order valence-corrected chi connectivity index (χ4v) is 3.04. The van der Waals surface area contributed by atoms with Gasteiger partial charge in [-0.2, -0.15) is 0 Å². The van der Waals surface area contributed by atoms with Crippen molar-refractivity contribution in [2.75, 3.05) is 0 Å². The van der Waals surface area contributed by atoms with Crippen LogP contribution < -0.4 is 0 Å². The lowest BCUT2D eigenvalue weighted by molar-refractivity contribution is 0.496. The third-order valence-electron chi connectivity index (χ3n) is 3.29. The van der Waals surface area contributed by atoms with E-state index in [0.29, 0.717) is 5.92 Å². The molecule has 1 aromatic carbocycles. The number of hydrogen-bond acceptors (Lipinski definition) is 1. The average molecular weight is 255 g/mol. The second kappa shape index (κ2) is 3.97. The van der Waals surface area contributed by atoms with Crippen molar-refractivity contribution >= 4 is 34.2 Å². The van der Waals surface area contributed by atoms with Gasteiger partial charge < -0.3 is 4.42 Å². The normalized spacial score (nSPS) is 25.4. The van der Waals surface area contributed by atoms with Crippen LogP contribution in [0.5, 0.6) is 0 Å². The number of rotatable bonds is 1. The zero-order chi connectivity index (χ0) is 11.1. The van der Waals surface area contributed by atoms with Gasteiger partial charge in [-0.25, -0.2) is 0 Å². The second-order valence-electron chi connectivity index (χ2n) is 4.38. The molecule has 0 spiro atoms. The van der Waals surface area contributed by atoms with Crippen molar-refractivity contribution in [3.63, 3.8) is 0 Å². The van der Waals surface area contributed by atoms with Gasteiger partial charge in [-0.1, -0.05) is 18.0 Å². The van der Waals surface area contributed by atoms with Crippen LogP contribution in [0.15, 0.2) is 28.7 Å². The molecule has 1 aliphatic carbocycles. The molecule has 0 amide bonds. The smallest absolute Gasteiger partial charge is 0.134 e. The molecule has 1 aromatic heterocycles. The summed E-state index contributed by atoms with van der Waals surface area (Å²) in [6, 6.07) is 7.78. The van der Waals surface area contributed by atoms with Crippen molar-refractivity contribution < 1.29 is 4.42 Å². The zero-order valence-corrected chi connectivity index (χ0v) is 10.3. The fraction of sp³-hybridized carbons (Fsp3) is 0.385. The molecule has 3 rings (SSSR count). The molecular weight excluding hydrogens is 243 g/mol. The molecule has 0 bridgehead atoms. The minimum absolute atomic E-state index is 0.219. The summed E-state index contributed by atoms with van der Waals surface area (Å²) in [7, 11) is 0. The third kappa shape index (κ3) is 1.72. The summed E-state index contributed by atoms with van der Waals surface area (Å²) in [5.74, 6) is 1.38. The van der Waals surface area contributed by atoms with Gasteiger partial charge in [-0.3, -0.25) is 0 Å². The van der Waals surface area contributed by atoms with Gasteiger partial charge in [-0.05, 0) is 37.1 Å². The summed E-state index contributed by atoms with van der Waals surface area (Å²) in [6.45, 7) is 0. The Bertz CT molecular complexity index is 518. The predicted octanol–water partition coefficient (Wildman–Crippen LogP) is 4.96. The maximum Gasteiger partial charge on any atom is 0.134 e. The standard InChI is InChI=1S/C13H12Cl2O/c14-9-4-5-12-8(6-9)7-13(16-12)10-2-1-3-11(10)15/h4-7,10-11H,1-3H2. The lowest BCUT2D eigenvalue weighted by atomic mass is 10.0. The Morgan fingerprint density at radius 2 is 2.06 bits per heavy atom. The maximum absolute atomic E-state index is 6.29. The summed E-state index contributed by atoms with van der Waals surface area (Å²) in [4.78, 5) is 0. The highest BCUT2D eigenvalue weighted by atomic mass is 35.5. The molecular formula is C13H12Cl2O. The molecule has 0 aliphatic heterocycles. The molecule has 1 nitrogen and oxygen atoms in total. The topological polar surface area (TPSA) is 13.1 Å². The first-order valence-corrected chi connectivity index (χ1v) is 6.38. The van der Waals surface area contributed by atoms with Gasteiger partial charge in [-0.15, -0.1) is 11.6 Å². The van der Waals surface area contributed by atoms with Gasteiger partial charge in [0.2, 0.25) is 0 Å². The number of benzene rings is 1. The van der Waals surface area contributed by atoms with E-state index < -0.39 is 0 Å². The molecule has 0 N–H and O–H groups in total. The summed E-state index contributed by atoms with van der Waals surface area (Å²) in [5, 5.41) is 2.03. The van der Waals surface area contributed by atoms with Gasteiger partial charge in [0.15, 0.2) is 0 Å². The van der Waals surface area contributed by atoms with Crippen LogP contribution in [0.1, 0.15) is 30.9 Å². The monoisotopic (exact) mass is 254 g/mol. The first-order valence-electron chi connectivity index (χ1n) is 5.57. The molecule has 1 fully saturated rings. The van der Waals surface area contributed by atoms with Gasteiger partial charge in [0.1, 0.15) is 11.3 Å². The van der Waals surface area contributed by atoms with E-state index in [1.165, 1.54) is 6.42 Å². The molecule has 2 unspecified atom stereocenters. The Hall–Kier alpha value is -0.660. The summed E-state index contributed by atoms with van der Waals surface area (Å²) >= 11 is 12.2. The predicted molar refractivity (Wildman–Crippen MR) is 67.5 cm³/mol. The summed E-state index contributed by atoms with van der Waals surface area (Å²) < 4.78 is 5.83. The molecule has 3 heteroatoms. The molecule has 1 saturated carbocycles. The van der Waals surface area contributed by atoms with Crippen LogP contribution in [0.25, 0.3) is 11.0 Å². The van der Waals surface area contributed by atoms with E-state index in [9.17, 15) is 0 Å². The number of halogens is 2. The molecule has 16 heavy (non-hydrogen) atoms. The van der Waals surface area contributed by atoms with Crippen LogP contribution in [0.3, 0.4) is 0 Å². The van der Waals surface area contributed by atoms with Crippen molar-refractivity contribution in [2.45, 2.75) is 30.6 Å². The number of alkyl halides is 1. The van der Waals surface area contributed by atoms with E-state index in [-0.39, 0.29) is 5.38 Å². The van der Waals surface area contributed by atoms with Crippen molar-refractivity contribution in [1.82, 2.24) is 0 Å². The highest BCUT2D eigenvalue weighted by Gasteiger charge is 2.29.